The molecule has 344 valence electrons. The van der Waals surface area contributed by atoms with Gasteiger partial charge in [-0.1, -0.05) is 133 Å². The lowest BCUT2D eigenvalue weighted by Gasteiger charge is -2.51. The number of fused-ring (bicyclic) bond motifs is 16. The van der Waals surface area contributed by atoms with Crippen LogP contribution in [0.1, 0.15) is 0 Å². The van der Waals surface area contributed by atoms with Gasteiger partial charge in [0.15, 0.2) is 0 Å². The molecule has 0 aliphatic carbocycles. The maximum Gasteiger partial charge on any atom is 0.257 e. The Morgan fingerprint density at radius 2 is 0.840 bits per heavy atom. The Bertz CT molecular complexity index is 4850. The van der Waals surface area contributed by atoms with Crippen molar-refractivity contribution in [2.75, 3.05) is 9.80 Å². The summed E-state index contributed by atoms with van der Waals surface area (Å²) in [5, 5.41) is 7.11. The van der Waals surface area contributed by atoms with Gasteiger partial charge in [0.1, 0.15) is 34.2 Å². The molecule has 0 atom stereocenters. The number of furan rings is 1. The van der Waals surface area contributed by atoms with Crippen LogP contribution in [0.3, 0.4) is 0 Å². The first-order chi connectivity index (χ1) is 37.2. The minimum atomic E-state index is -0.227. The molecule has 0 amide bonds. The number of anilines is 6. The topological polar surface area (TPSA) is 47.9 Å². The molecule has 5 aliphatic heterocycles. The summed E-state index contributed by atoms with van der Waals surface area (Å²) in [6.07, 6.45) is 0. The molecule has 75 heavy (non-hydrogen) atoms. The zero-order valence-corrected chi connectivity index (χ0v) is 40.0. The Labute approximate surface area is 429 Å². The zero-order valence-electron chi connectivity index (χ0n) is 40.0. The van der Waals surface area contributed by atoms with Gasteiger partial charge in [-0.05, 0) is 93.4 Å². The van der Waals surface area contributed by atoms with Crippen LogP contribution < -0.4 is 52.1 Å². The average molecular weight is 955 g/mol. The molecule has 0 spiro atoms. The van der Waals surface area contributed by atoms with Crippen molar-refractivity contribution in [2.45, 2.75) is 0 Å². The molecule has 19 rings (SSSR count). The lowest BCUT2D eigenvalue weighted by Crippen LogP contribution is -2.67. The van der Waals surface area contributed by atoms with Gasteiger partial charge in [-0.3, -0.25) is 0 Å². The standard InChI is InChI=1S/C66H36B2N4O3/c1-2-15-37(16-3-1)69-52-27-14-22-47-64(52)72-65-53(69)35-57-60(44-21-8-13-28-54(44)73-57)63(65)68-46-32-30-39(71-50-25-11-6-19-42(50)43-20-7-12-26-51(43)71)34-56(46)75-59-36-58-61(66(72)62(59)68)67(47)45-31-29-38(33-55(45)74-58)70-48-23-9-4-17-40(48)41-18-5-10-24-49(41)70/h1-36H. The summed E-state index contributed by atoms with van der Waals surface area (Å²) in [5.74, 6) is 3.26. The number of rotatable bonds is 3. The maximum absolute atomic E-state index is 7.49. The predicted octanol–water partition coefficient (Wildman–Crippen LogP) is 12.9. The zero-order chi connectivity index (χ0) is 48.4. The van der Waals surface area contributed by atoms with Crippen molar-refractivity contribution in [3.8, 4) is 34.4 Å². The van der Waals surface area contributed by atoms with Gasteiger partial charge in [-0.15, -0.1) is 0 Å². The highest BCUT2D eigenvalue weighted by atomic mass is 16.5. The fourth-order valence-electron chi connectivity index (χ4n) is 14.3. The third-order valence-electron chi connectivity index (χ3n) is 17.1. The summed E-state index contributed by atoms with van der Waals surface area (Å²) in [6.45, 7) is -0.364. The minimum Gasteiger partial charge on any atom is -0.458 e. The predicted molar refractivity (Wildman–Crippen MR) is 308 cm³/mol. The van der Waals surface area contributed by atoms with Gasteiger partial charge >= 0.3 is 0 Å². The van der Waals surface area contributed by atoms with Crippen molar-refractivity contribution < 1.29 is 13.9 Å². The van der Waals surface area contributed by atoms with Gasteiger partial charge in [0.05, 0.1) is 44.8 Å². The summed E-state index contributed by atoms with van der Waals surface area (Å²) in [7, 11) is 0. The first-order valence-electron chi connectivity index (χ1n) is 25.8. The molecule has 11 aromatic carbocycles. The summed E-state index contributed by atoms with van der Waals surface area (Å²) >= 11 is 0. The highest BCUT2D eigenvalue weighted by Crippen LogP contribution is 2.58. The van der Waals surface area contributed by atoms with E-state index in [-0.39, 0.29) is 13.4 Å². The van der Waals surface area contributed by atoms with E-state index in [2.05, 4.69) is 237 Å². The molecule has 0 bridgehead atoms. The molecule has 0 saturated heterocycles. The molecule has 0 unspecified atom stereocenters. The number of benzene rings is 11. The minimum absolute atomic E-state index is 0.138. The molecule has 7 nitrogen and oxygen atoms in total. The van der Waals surface area contributed by atoms with Crippen LogP contribution in [0.2, 0.25) is 0 Å². The third kappa shape index (κ3) is 4.72. The maximum atomic E-state index is 7.49. The SMILES string of the molecule is c1ccc(N2c3cccc4c3N3c5c6c(cc7c5B(c5ccc(-n8c9ccccc9c9ccccc98)cc5O7)c5c3c2cc2oc3ccccc3c52)Oc2cc(-n3c5ccccc5c5ccccc53)ccc2B46)cc1. The third-order valence-corrected chi connectivity index (χ3v) is 17.1. The molecular formula is C66H36B2N4O3. The van der Waals surface area contributed by atoms with E-state index in [0.717, 1.165) is 129 Å². The average Bonchev–Trinajstić information content (AvgIpc) is 4.18. The van der Waals surface area contributed by atoms with E-state index in [0.29, 0.717) is 0 Å². The molecule has 0 radical (unpaired) electrons. The van der Waals surface area contributed by atoms with Crippen LogP contribution in [-0.4, -0.2) is 22.6 Å². The quantitative estimate of drug-likeness (QED) is 0.165. The smallest absolute Gasteiger partial charge is 0.257 e. The Morgan fingerprint density at radius 1 is 0.307 bits per heavy atom. The van der Waals surface area contributed by atoms with Crippen LogP contribution in [0.15, 0.2) is 223 Å². The number of aromatic nitrogens is 2. The van der Waals surface area contributed by atoms with E-state index < -0.39 is 0 Å². The van der Waals surface area contributed by atoms with Gasteiger partial charge in [0, 0.05) is 79.3 Å². The highest BCUT2D eigenvalue weighted by molar-refractivity contribution is 7.04. The molecular weight excluding hydrogens is 918 g/mol. The van der Waals surface area contributed by atoms with Crippen molar-refractivity contribution in [1.82, 2.24) is 9.13 Å². The fraction of sp³-hybridized carbons (Fsp3) is 0. The van der Waals surface area contributed by atoms with Crippen molar-refractivity contribution >= 4 is 146 Å². The second-order valence-corrected chi connectivity index (χ2v) is 20.7. The highest BCUT2D eigenvalue weighted by Gasteiger charge is 2.54. The number of para-hydroxylation sites is 7. The Hall–Kier alpha value is -9.85. The van der Waals surface area contributed by atoms with E-state index in [9.17, 15) is 0 Å². The number of hydrogen-bond acceptors (Lipinski definition) is 5. The van der Waals surface area contributed by atoms with E-state index in [1.165, 1.54) is 38.2 Å². The summed E-state index contributed by atoms with van der Waals surface area (Å²) in [5.41, 5.74) is 22.2. The van der Waals surface area contributed by atoms with Crippen molar-refractivity contribution in [1.29, 1.82) is 0 Å². The van der Waals surface area contributed by atoms with Crippen LogP contribution >= 0.6 is 0 Å². The molecule has 8 heterocycles. The summed E-state index contributed by atoms with van der Waals surface area (Å²) < 4.78 is 26.7. The van der Waals surface area contributed by atoms with Crippen LogP contribution in [0.5, 0.6) is 23.0 Å². The molecule has 3 aromatic heterocycles. The Morgan fingerprint density at radius 3 is 1.45 bits per heavy atom. The molecule has 14 aromatic rings. The van der Waals surface area contributed by atoms with Gasteiger partial charge in [-0.25, -0.2) is 0 Å². The van der Waals surface area contributed by atoms with E-state index in [4.69, 9.17) is 13.9 Å². The number of hydrogen-bond donors (Lipinski definition) is 0. The molecule has 0 fully saturated rings. The van der Waals surface area contributed by atoms with Crippen LogP contribution in [0.4, 0.5) is 34.1 Å². The van der Waals surface area contributed by atoms with Crippen molar-refractivity contribution in [2.24, 2.45) is 0 Å². The number of ether oxygens (including phenoxy) is 2. The van der Waals surface area contributed by atoms with Gasteiger partial charge < -0.3 is 32.8 Å². The molecule has 5 aliphatic rings. The van der Waals surface area contributed by atoms with E-state index in [1.807, 2.05) is 0 Å². The van der Waals surface area contributed by atoms with E-state index in [1.54, 1.807) is 0 Å². The second-order valence-electron chi connectivity index (χ2n) is 20.7. The van der Waals surface area contributed by atoms with Gasteiger partial charge in [0.25, 0.3) is 13.4 Å². The largest absolute Gasteiger partial charge is 0.458 e. The van der Waals surface area contributed by atoms with Crippen molar-refractivity contribution in [3.63, 3.8) is 0 Å². The van der Waals surface area contributed by atoms with Crippen molar-refractivity contribution in [3.05, 3.63) is 218 Å². The monoisotopic (exact) mass is 954 g/mol. The number of nitrogens with zero attached hydrogens (tertiary/aromatic N) is 4. The molecule has 0 saturated carbocycles. The fourth-order valence-corrected chi connectivity index (χ4v) is 14.3. The summed E-state index contributed by atoms with van der Waals surface area (Å²) in [4.78, 5) is 5.06. The van der Waals surface area contributed by atoms with Crippen LogP contribution in [0, 0.1) is 0 Å². The van der Waals surface area contributed by atoms with E-state index >= 15 is 0 Å². The van der Waals surface area contributed by atoms with Gasteiger partial charge in [-0.2, -0.15) is 0 Å². The Kier molecular flexibility index (Phi) is 7.03. The molecule has 0 N–H and O–H groups in total. The Balaban J connectivity index is 0.923. The lowest BCUT2D eigenvalue weighted by molar-refractivity contribution is 0.465. The summed E-state index contributed by atoms with van der Waals surface area (Å²) in [6, 6.07) is 79.3. The molecule has 9 heteroatoms. The lowest BCUT2D eigenvalue weighted by atomic mass is 9.29. The first kappa shape index (κ1) is 38.8. The normalized spacial score (nSPS) is 14.0. The van der Waals surface area contributed by atoms with Crippen LogP contribution in [0.25, 0.3) is 76.9 Å². The van der Waals surface area contributed by atoms with Crippen LogP contribution in [-0.2, 0) is 0 Å². The second kappa shape index (κ2) is 13.6. The first-order valence-corrected chi connectivity index (χ1v) is 25.8. The van der Waals surface area contributed by atoms with Gasteiger partial charge in [0.2, 0.25) is 0 Å².